The summed E-state index contributed by atoms with van der Waals surface area (Å²) in [4.78, 5) is 32.9. The van der Waals surface area contributed by atoms with E-state index in [0.717, 1.165) is 6.42 Å². The van der Waals surface area contributed by atoms with Gasteiger partial charge in [0.1, 0.15) is 0 Å². The van der Waals surface area contributed by atoms with Gasteiger partial charge in [-0.05, 0) is 25.5 Å². The molecule has 0 aliphatic carbocycles. The number of benzene rings is 1. The summed E-state index contributed by atoms with van der Waals surface area (Å²) in [6.45, 7) is 3.39. The monoisotopic (exact) mass is 280 g/mol. The van der Waals surface area contributed by atoms with Gasteiger partial charge in [0.2, 0.25) is 0 Å². The highest BCUT2D eigenvalue weighted by atomic mass is 16.6. The number of carbonyl (C=O) groups excluding carboxylic acids is 2. The van der Waals surface area contributed by atoms with Crippen molar-refractivity contribution in [3.05, 3.63) is 39.9 Å². The van der Waals surface area contributed by atoms with Crippen LogP contribution in [-0.4, -0.2) is 29.4 Å². The van der Waals surface area contributed by atoms with Crippen LogP contribution in [0.15, 0.2) is 24.3 Å². The van der Waals surface area contributed by atoms with Crippen molar-refractivity contribution in [1.82, 2.24) is 5.32 Å². The van der Waals surface area contributed by atoms with Crippen molar-refractivity contribution in [3.63, 3.8) is 0 Å². The predicted molar refractivity (Wildman–Crippen MR) is 71.3 cm³/mol. The zero-order chi connectivity index (χ0) is 15.1. The number of non-ortho nitro benzene ring substituents is 1. The van der Waals surface area contributed by atoms with E-state index < -0.39 is 10.9 Å². The predicted octanol–water partition coefficient (Wildman–Crippen LogP) is 1.67. The maximum atomic E-state index is 11.6. The zero-order valence-corrected chi connectivity index (χ0v) is 11.3. The Morgan fingerprint density at radius 3 is 2.45 bits per heavy atom. The van der Waals surface area contributed by atoms with Gasteiger partial charge in [0.15, 0.2) is 6.61 Å². The number of nitrogens with one attached hydrogen (secondary N) is 1. The molecular formula is C13H16N2O5. The Hall–Kier alpha value is -2.44. The fourth-order valence-corrected chi connectivity index (χ4v) is 1.35. The Morgan fingerprint density at radius 1 is 1.35 bits per heavy atom. The molecule has 0 bridgehead atoms. The highest BCUT2D eigenvalue weighted by molar-refractivity contribution is 5.91. The van der Waals surface area contributed by atoms with Crippen LogP contribution in [0, 0.1) is 10.1 Å². The maximum absolute atomic E-state index is 11.6. The van der Waals surface area contributed by atoms with Crippen molar-refractivity contribution in [2.24, 2.45) is 0 Å². The summed E-state index contributed by atoms with van der Waals surface area (Å²) in [6.07, 6.45) is 0.780. The number of ether oxygens (including phenoxy) is 1. The minimum atomic E-state index is -0.695. The zero-order valence-electron chi connectivity index (χ0n) is 11.3. The van der Waals surface area contributed by atoms with Gasteiger partial charge < -0.3 is 10.1 Å². The number of hydrogen-bond acceptors (Lipinski definition) is 5. The van der Waals surface area contributed by atoms with Crippen LogP contribution in [-0.2, 0) is 9.53 Å². The Kier molecular flexibility index (Phi) is 5.64. The molecule has 0 aliphatic heterocycles. The summed E-state index contributed by atoms with van der Waals surface area (Å²) >= 11 is 0. The molecule has 7 nitrogen and oxygen atoms in total. The van der Waals surface area contributed by atoms with Crippen molar-refractivity contribution in [2.45, 2.75) is 26.3 Å². The molecule has 0 unspecified atom stereocenters. The van der Waals surface area contributed by atoms with Crippen LogP contribution in [0.5, 0.6) is 0 Å². The van der Waals surface area contributed by atoms with Crippen LogP contribution >= 0.6 is 0 Å². The van der Waals surface area contributed by atoms with Gasteiger partial charge in [-0.25, -0.2) is 4.79 Å². The summed E-state index contributed by atoms with van der Waals surface area (Å²) in [5, 5.41) is 13.1. The average Bonchev–Trinajstić information content (AvgIpc) is 2.44. The van der Waals surface area contributed by atoms with E-state index in [2.05, 4.69) is 5.32 Å². The fraction of sp³-hybridized carbons (Fsp3) is 0.385. The van der Waals surface area contributed by atoms with Gasteiger partial charge in [-0.15, -0.1) is 0 Å². The standard InChI is InChI=1S/C13H16N2O5/c1-3-9(2)14-12(16)8-20-13(17)10-4-6-11(7-5-10)15(18)19/h4-7,9H,3,8H2,1-2H3,(H,14,16)/t9-/m0/s1. The lowest BCUT2D eigenvalue weighted by Crippen LogP contribution is -2.35. The molecule has 0 aromatic heterocycles. The van der Waals surface area contributed by atoms with Crippen LogP contribution < -0.4 is 5.32 Å². The van der Waals surface area contributed by atoms with Crippen LogP contribution in [0.2, 0.25) is 0 Å². The minimum absolute atomic E-state index is 0.0144. The summed E-state index contributed by atoms with van der Waals surface area (Å²) in [6, 6.07) is 4.99. The largest absolute Gasteiger partial charge is 0.452 e. The first-order valence-electron chi connectivity index (χ1n) is 6.15. The number of amides is 1. The molecule has 1 aromatic rings. The molecule has 1 aromatic carbocycles. The molecule has 108 valence electrons. The molecule has 20 heavy (non-hydrogen) atoms. The number of rotatable bonds is 6. The van der Waals surface area contributed by atoms with E-state index >= 15 is 0 Å². The molecular weight excluding hydrogens is 264 g/mol. The highest BCUT2D eigenvalue weighted by Gasteiger charge is 2.13. The molecule has 0 heterocycles. The second-order valence-corrected chi connectivity index (χ2v) is 4.26. The molecule has 7 heteroatoms. The Labute approximate surface area is 116 Å². The lowest BCUT2D eigenvalue weighted by atomic mass is 10.2. The van der Waals surface area contributed by atoms with Gasteiger partial charge in [0, 0.05) is 18.2 Å². The van der Waals surface area contributed by atoms with E-state index in [1.54, 1.807) is 0 Å². The second kappa shape index (κ2) is 7.22. The lowest BCUT2D eigenvalue weighted by molar-refractivity contribution is -0.384. The normalized spacial score (nSPS) is 11.5. The molecule has 0 aliphatic rings. The molecule has 0 radical (unpaired) electrons. The van der Waals surface area contributed by atoms with Crippen molar-refractivity contribution >= 4 is 17.6 Å². The Balaban J connectivity index is 2.50. The SMILES string of the molecule is CC[C@H](C)NC(=O)COC(=O)c1ccc([N+](=O)[O-])cc1. The maximum Gasteiger partial charge on any atom is 0.338 e. The fourth-order valence-electron chi connectivity index (χ4n) is 1.35. The highest BCUT2D eigenvalue weighted by Crippen LogP contribution is 2.12. The smallest absolute Gasteiger partial charge is 0.338 e. The Morgan fingerprint density at radius 2 is 1.95 bits per heavy atom. The van der Waals surface area contributed by atoms with Gasteiger partial charge in [-0.3, -0.25) is 14.9 Å². The lowest BCUT2D eigenvalue weighted by Gasteiger charge is -2.11. The molecule has 0 spiro atoms. The van der Waals surface area contributed by atoms with E-state index in [9.17, 15) is 19.7 Å². The topological polar surface area (TPSA) is 98.5 Å². The van der Waals surface area contributed by atoms with Gasteiger partial charge in [-0.1, -0.05) is 6.92 Å². The van der Waals surface area contributed by atoms with Crippen LogP contribution in [0.25, 0.3) is 0 Å². The van der Waals surface area contributed by atoms with Gasteiger partial charge >= 0.3 is 5.97 Å². The number of nitrogens with zero attached hydrogens (tertiary/aromatic N) is 1. The third kappa shape index (κ3) is 4.68. The van der Waals surface area contributed by atoms with E-state index in [0.29, 0.717) is 0 Å². The third-order valence-electron chi connectivity index (χ3n) is 2.67. The Bertz CT molecular complexity index is 498. The second-order valence-electron chi connectivity index (χ2n) is 4.26. The molecule has 1 amide bonds. The van der Waals surface area contributed by atoms with Gasteiger partial charge in [0.05, 0.1) is 10.5 Å². The number of carbonyl (C=O) groups is 2. The van der Waals surface area contributed by atoms with E-state index in [1.807, 2.05) is 13.8 Å². The molecule has 0 saturated heterocycles. The van der Waals surface area contributed by atoms with Crippen LogP contribution in [0.4, 0.5) is 5.69 Å². The van der Waals surface area contributed by atoms with Crippen molar-refractivity contribution < 1.29 is 19.2 Å². The van der Waals surface area contributed by atoms with E-state index in [-0.39, 0.29) is 29.8 Å². The number of nitro groups is 1. The van der Waals surface area contributed by atoms with E-state index in [1.165, 1.54) is 24.3 Å². The summed E-state index contributed by atoms with van der Waals surface area (Å²) in [5.41, 5.74) is 0.0444. The van der Waals surface area contributed by atoms with Crippen LogP contribution in [0.3, 0.4) is 0 Å². The quantitative estimate of drug-likeness (QED) is 0.485. The summed E-state index contributed by atoms with van der Waals surface area (Å²) in [7, 11) is 0. The first-order valence-corrected chi connectivity index (χ1v) is 6.15. The molecule has 0 saturated carbocycles. The third-order valence-corrected chi connectivity index (χ3v) is 2.67. The van der Waals surface area contributed by atoms with Gasteiger partial charge in [-0.2, -0.15) is 0 Å². The summed E-state index contributed by atoms with van der Waals surface area (Å²) in [5.74, 6) is -1.08. The van der Waals surface area contributed by atoms with E-state index in [4.69, 9.17) is 4.74 Å². The number of nitro benzene ring substituents is 1. The van der Waals surface area contributed by atoms with Crippen molar-refractivity contribution in [1.29, 1.82) is 0 Å². The molecule has 1 rings (SSSR count). The molecule has 0 fully saturated rings. The number of esters is 1. The first-order chi connectivity index (χ1) is 9.43. The summed E-state index contributed by atoms with van der Waals surface area (Å²) < 4.78 is 4.81. The molecule has 1 atom stereocenters. The molecule has 1 N–H and O–H groups in total. The average molecular weight is 280 g/mol. The minimum Gasteiger partial charge on any atom is -0.452 e. The van der Waals surface area contributed by atoms with Crippen molar-refractivity contribution in [2.75, 3.05) is 6.61 Å². The van der Waals surface area contributed by atoms with Gasteiger partial charge in [0.25, 0.3) is 11.6 Å². The van der Waals surface area contributed by atoms with Crippen LogP contribution in [0.1, 0.15) is 30.6 Å². The van der Waals surface area contributed by atoms with Crippen molar-refractivity contribution in [3.8, 4) is 0 Å². The number of hydrogen-bond donors (Lipinski definition) is 1. The first kappa shape index (κ1) is 15.6.